The van der Waals surface area contributed by atoms with E-state index in [-0.39, 0.29) is 35.8 Å². The Morgan fingerprint density at radius 1 is 1.09 bits per heavy atom. The van der Waals surface area contributed by atoms with E-state index in [9.17, 15) is 14.0 Å². The summed E-state index contributed by atoms with van der Waals surface area (Å²) in [6, 6.07) is 8.77. The third kappa shape index (κ3) is 7.84. The molecule has 1 N–H and O–H groups in total. The summed E-state index contributed by atoms with van der Waals surface area (Å²) < 4.78 is 14.0. The second-order valence-corrected chi connectivity index (χ2v) is 10.0. The van der Waals surface area contributed by atoms with Crippen LogP contribution in [0.15, 0.2) is 36.4 Å². The third-order valence-electron chi connectivity index (χ3n) is 4.74. The van der Waals surface area contributed by atoms with Gasteiger partial charge in [-0.3, -0.25) is 9.59 Å². The maximum atomic E-state index is 14.0. The maximum Gasteiger partial charge on any atom is 0.242 e. The number of carbonyl (C=O) groups excluding carboxylic acids is 2. The summed E-state index contributed by atoms with van der Waals surface area (Å²) >= 11 is 19.6. The van der Waals surface area contributed by atoms with E-state index >= 15 is 0 Å². The molecular formula is C23H26Cl3FN2O2S. The van der Waals surface area contributed by atoms with Crippen LogP contribution in [0, 0.1) is 11.7 Å². The summed E-state index contributed by atoms with van der Waals surface area (Å²) in [4.78, 5) is 27.2. The molecular weight excluding hydrogens is 494 g/mol. The fraction of sp³-hybridized carbons (Fsp3) is 0.391. The zero-order valence-corrected chi connectivity index (χ0v) is 21.2. The molecule has 0 saturated carbocycles. The van der Waals surface area contributed by atoms with E-state index in [4.69, 9.17) is 34.8 Å². The van der Waals surface area contributed by atoms with Gasteiger partial charge in [0.15, 0.2) is 0 Å². The maximum absolute atomic E-state index is 14.0. The summed E-state index contributed by atoms with van der Waals surface area (Å²) in [5, 5.41) is 4.07. The van der Waals surface area contributed by atoms with Crippen molar-refractivity contribution in [1.82, 2.24) is 10.2 Å². The first-order chi connectivity index (χ1) is 15.1. The van der Waals surface area contributed by atoms with E-state index in [0.717, 1.165) is 0 Å². The molecule has 2 amide bonds. The Morgan fingerprint density at radius 2 is 1.81 bits per heavy atom. The minimum absolute atomic E-state index is 0.0532. The first kappa shape index (κ1) is 26.8. The SMILES string of the molecule is CC(C)CNC(=O)[C@H](C)N(Cc1ccc(Cl)cc1Cl)C(=O)CSCc1c(F)cccc1Cl. The number of halogens is 4. The van der Waals surface area contributed by atoms with Crippen LogP contribution in [0.1, 0.15) is 31.9 Å². The highest BCUT2D eigenvalue weighted by molar-refractivity contribution is 7.99. The van der Waals surface area contributed by atoms with E-state index in [0.29, 0.717) is 32.7 Å². The van der Waals surface area contributed by atoms with Crippen molar-refractivity contribution in [3.05, 3.63) is 68.4 Å². The van der Waals surface area contributed by atoms with Crippen LogP contribution in [0.3, 0.4) is 0 Å². The average Bonchev–Trinajstić information content (AvgIpc) is 2.73. The molecule has 0 aromatic heterocycles. The molecule has 0 aliphatic heterocycles. The predicted octanol–water partition coefficient (Wildman–Crippen LogP) is 6.21. The zero-order valence-electron chi connectivity index (χ0n) is 18.1. The number of amides is 2. The number of thioether (sulfide) groups is 1. The zero-order chi connectivity index (χ0) is 23.8. The van der Waals surface area contributed by atoms with Gasteiger partial charge in [0.1, 0.15) is 11.9 Å². The molecule has 0 heterocycles. The van der Waals surface area contributed by atoms with Crippen LogP contribution >= 0.6 is 46.6 Å². The van der Waals surface area contributed by atoms with Gasteiger partial charge in [-0.1, -0.05) is 60.8 Å². The highest BCUT2D eigenvalue weighted by Gasteiger charge is 2.27. The van der Waals surface area contributed by atoms with Crippen LogP contribution in [-0.2, 0) is 21.9 Å². The molecule has 0 unspecified atom stereocenters. The molecule has 0 fully saturated rings. The van der Waals surface area contributed by atoms with Crippen LogP contribution in [0.25, 0.3) is 0 Å². The van der Waals surface area contributed by atoms with Crippen molar-refractivity contribution < 1.29 is 14.0 Å². The topological polar surface area (TPSA) is 49.4 Å². The van der Waals surface area contributed by atoms with Gasteiger partial charge in [0, 0.05) is 39.5 Å². The number of nitrogens with zero attached hydrogens (tertiary/aromatic N) is 1. The Kier molecular flexibility index (Phi) is 10.6. The molecule has 0 aliphatic carbocycles. The van der Waals surface area contributed by atoms with Gasteiger partial charge in [-0.15, -0.1) is 11.8 Å². The predicted molar refractivity (Wildman–Crippen MR) is 132 cm³/mol. The Hall–Kier alpha value is -1.47. The normalized spacial score (nSPS) is 12.0. The van der Waals surface area contributed by atoms with Gasteiger partial charge in [-0.05, 0) is 42.7 Å². The molecule has 9 heteroatoms. The molecule has 2 aromatic carbocycles. The number of rotatable bonds is 10. The summed E-state index contributed by atoms with van der Waals surface area (Å²) in [7, 11) is 0. The first-order valence-corrected chi connectivity index (χ1v) is 12.4. The summed E-state index contributed by atoms with van der Waals surface area (Å²) in [5.41, 5.74) is 1.03. The van der Waals surface area contributed by atoms with Crippen molar-refractivity contribution in [1.29, 1.82) is 0 Å². The second-order valence-electron chi connectivity index (χ2n) is 7.77. The van der Waals surface area contributed by atoms with Crippen LogP contribution < -0.4 is 5.32 Å². The van der Waals surface area contributed by atoms with Crippen molar-refractivity contribution in [3.8, 4) is 0 Å². The van der Waals surface area contributed by atoms with Crippen LogP contribution in [0.5, 0.6) is 0 Å². The largest absolute Gasteiger partial charge is 0.354 e. The van der Waals surface area contributed by atoms with Gasteiger partial charge < -0.3 is 10.2 Å². The van der Waals surface area contributed by atoms with Gasteiger partial charge in [0.25, 0.3) is 0 Å². The fourth-order valence-corrected chi connectivity index (χ4v) is 4.58. The van der Waals surface area contributed by atoms with Crippen molar-refractivity contribution in [3.63, 3.8) is 0 Å². The molecule has 0 radical (unpaired) electrons. The lowest BCUT2D eigenvalue weighted by molar-refractivity contribution is -0.138. The minimum Gasteiger partial charge on any atom is -0.354 e. The molecule has 4 nitrogen and oxygen atoms in total. The van der Waals surface area contributed by atoms with Gasteiger partial charge in [-0.25, -0.2) is 4.39 Å². The van der Waals surface area contributed by atoms with Crippen molar-refractivity contribution >= 4 is 58.4 Å². The second kappa shape index (κ2) is 12.7. The van der Waals surface area contributed by atoms with Gasteiger partial charge >= 0.3 is 0 Å². The van der Waals surface area contributed by atoms with E-state index in [2.05, 4.69) is 5.32 Å². The van der Waals surface area contributed by atoms with E-state index < -0.39 is 11.9 Å². The standard InChI is InChI=1S/C23H26Cl3FN2O2S/c1-14(2)10-28-23(31)15(3)29(11-16-7-8-17(24)9-20(16)26)22(30)13-32-12-18-19(25)5-4-6-21(18)27/h4-9,14-15H,10-13H2,1-3H3,(H,28,31)/t15-/m0/s1. The number of hydrogen-bond donors (Lipinski definition) is 1. The summed E-state index contributed by atoms with van der Waals surface area (Å²) in [6.07, 6.45) is 0. The van der Waals surface area contributed by atoms with Crippen molar-refractivity contribution in [2.75, 3.05) is 12.3 Å². The van der Waals surface area contributed by atoms with Gasteiger partial charge in [-0.2, -0.15) is 0 Å². The Morgan fingerprint density at radius 3 is 2.44 bits per heavy atom. The Labute approximate surface area is 207 Å². The van der Waals surface area contributed by atoms with E-state index in [1.807, 2.05) is 13.8 Å². The first-order valence-electron chi connectivity index (χ1n) is 10.1. The van der Waals surface area contributed by atoms with E-state index in [1.165, 1.54) is 28.8 Å². The molecule has 2 aromatic rings. The fourth-order valence-electron chi connectivity index (χ4n) is 2.86. The lowest BCUT2D eigenvalue weighted by atomic mass is 10.1. The smallest absolute Gasteiger partial charge is 0.242 e. The number of benzene rings is 2. The molecule has 32 heavy (non-hydrogen) atoms. The van der Waals surface area contributed by atoms with E-state index in [1.54, 1.807) is 31.2 Å². The van der Waals surface area contributed by atoms with Crippen molar-refractivity contribution in [2.45, 2.75) is 39.1 Å². The van der Waals surface area contributed by atoms with Gasteiger partial charge in [0.2, 0.25) is 11.8 Å². The molecule has 174 valence electrons. The molecule has 0 bridgehead atoms. The molecule has 0 spiro atoms. The number of carbonyl (C=O) groups is 2. The third-order valence-corrected chi connectivity index (χ3v) is 6.63. The quantitative estimate of drug-likeness (QED) is 0.406. The average molecular weight is 520 g/mol. The summed E-state index contributed by atoms with van der Waals surface area (Å²) in [6.45, 7) is 6.31. The number of hydrogen-bond acceptors (Lipinski definition) is 3. The Balaban J connectivity index is 2.14. The lowest BCUT2D eigenvalue weighted by Crippen LogP contribution is -2.48. The summed E-state index contributed by atoms with van der Waals surface area (Å²) in [5.74, 6) is -0.357. The minimum atomic E-state index is -0.717. The van der Waals surface area contributed by atoms with Gasteiger partial charge in [0.05, 0.1) is 5.75 Å². The monoisotopic (exact) mass is 518 g/mol. The molecule has 0 saturated heterocycles. The lowest BCUT2D eigenvalue weighted by Gasteiger charge is -2.29. The molecule has 1 atom stereocenters. The Bertz CT molecular complexity index is 939. The van der Waals surface area contributed by atoms with Crippen LogP contribution in [-0.4, -0.2) is 35.1 Å². The molecule has 0 aliphatic rings. The molecule has 2 rings (SSSR count). The highest BCUT2D eigenvalue weighted by Crippen LogP contribution is 2.26. The van der Waals surface area contributed by atoms with Crippen LogP contribution in [0.4, 0.5) is 4.39 Å². The number of nitrogens with one attached hydrogen (secondary N) is 1. The van der Waals surface area contributed by atoms with Crippen LogP contribution in [0.2, 0.25) is 15.1 Å². The highest BCUT2D eigenvalue weighted by atomic mass is 35.5. The van der Waals surface area contributed by atoms with Crippen molar-refractivity contribution in [2.24, 2.45) is 5.92 Å².